The molecule has 13 heteroatoms. The molecule has 0 amide bonds. The number of carbonyl (C=O) groups is 1. The van der Waals surface area contributed by atoms with E-state index < -0.39 is 63.1 Å². The van der Waals surface area contributed by atoms with E-state index >= 15 is 0 Å². The molecule has 6 atom stereocenters. The van der Waals surface area contributed by atoms with Crippen LogP contribution in [0.1, 0.15) is 194 Å². The van der Waals surface area contributed by atoms with Crippen molar-refractivity contribution in [3.05, 3.63) is 48.6 Å². The molecule has 1 rings (SSSR count). The fourth-order valence-electron chi connectivity index (χ4n) is 7.25. The van der Waals surface area contributed by atoms with Gasteiger partial charge in [0.25, 0.3) is 0 Å². The molecule has 6 unspecified atom stereocenters. The molecule has 1 aliphatic carbocycles. The fraction of sp³-hybridized carbons (Fsp3) is 0.816. The summed E-state index contributed by atoms with van der Waals surface area (Å²) in [5.74, 6) is -0.486. The summed E-state index contributed by atoms with van der Waals surface area (Å²) in [5, 5.41) is 50.2. The Labute approximate surface area is 375 Å². The van der Waals surface area contributed by atoms with Crippen molar-refractivity contribution in [2.24, 2.45) is 0 Å². The highest BCUT2D eigenvalue weighted by Gasteiger charge is 2.51. The number of phosphoric acid groups is 1. The Morgan fingerprint density at radius 3 is 1.42 bits per heavy atom. The SMILES string of the molecule is CCC/C=C\C/C=C\CCCCCCCCOCC(COP(=O)(O)OC1C(O)C(O)C(O)C(O)C1O)OC(=O)CCCCCCCCCCC/C=C\C/C=C\CCCCCCC. The van der Waals surface area contributed by atoms with Gasteiger partial charge in [0.15, 0.2) is 0 Å². The van der Waals surface area contributed by atoms with Gasteiger partial charge in [-0.15, -0.1) is 0 Å². The van der Waals surface area contributed by atoms with Crippen LogP contribution in [0, 0.1) is 0 Å². The first-order valence-electron chi connectivity index (χ1n) is 24.5. The lowest BCUT2D eigenvalue weighted by molar-refractivity contribution is -0.220. The highest BCUT2D eigenvalue weighted by Crippen LogP contribution is 2.47. The molecule has 1 aliphatic rings. The molecule has 0 aliphatic heterocycles. The second kappa shape index (κ2) is 39.6. The highest BCUT2D eigenvalue weighted by molar-refractivity contribution is 7.47. The van der Waals surface area contributed by atoms with Crippen molar-refractivity contribution in [2.45, 2.75) is 236 Å². The number of esters is 1. The summed E-state index contributed by atoms with van der Waals surface area (Å²) in [5.41, 5.74) is 0. The molecule has 0 spiro atoms. The first-order valence-corrected chi connectivity index (χ1v) is 26.0. The minimum absolute atomic E-state index is 0.0864. The summed E-state index contributed by atoms with van der Waals surface area (Å²) in [6.07, 6.45) is 36.0. The third kappa shape index (κ3) is 31.2. The smallest absolute Gasteiger partial charge is 0.457 e. The normalized spacial score (nSPS) is 22.4. The number of phosphoric ester groups is 1. The zero-order chi connectivity index (χ0) is 45.5. The summed E-state index contributed by atoms with van der Waals surface area (Å²) in [6.45, 7) is 4.16. The van der Waals surface area contributed by atoms with E-state index in [1.807, 2.05) is 0 Å². The molecular weight excluding hydrogens is 812 g/mol. The van der Waals surface area contributed by atoms with Crippen molar-refractivity contribution in [3.8, 4) is 0 Å². The average Bonchev–Trinajstić information content (AvgIpc) is 3.26. The number of hydrogen-bond acceptors (Lipinski definition) is 11. The predicted molar refractivity (Wildman–Crippen MR) is 249 cm³/mol. The Bertz CT molecular complexity index is 1210. The molecule has 0 aromatic carbocycles. The number of hydrogen-bond donors (Lipinski definition) is 6. The lowest BCUT2D eigenvalue weighted by atomic mass is 9.85. The summed E-state index contributed by atoms with van der Waals surface area (Å²) in [6, 6.07) is 0. The van der Waals surface area contributed by atoms with Gasteiger partial charge < -0.3 is 39.9 Å². The average molecular weight is 901 g/mol. The van der Waals surface area contributed by atoms with E-state index in [0.29, 0.717) is 13.0 Å². The van der Waals surface area contributed by atoms with Crippen LogP contribution in [0.4, 0.5) is 0 Å². The Hall–Kier alpha value is -1.70. The molecule has 362 valence electrons. The summed E-state index contributed by atoms with van der Waals surface area (Å²) in [4.78, 5) is 23.2. The lowest BCUT2D eigenvalue weighted by Gasteiger charge is -2.41. The molecule has 1 saturated carbocycles. The Morgan fingerprint density at radius 2 is 0.935 bits per heavy atom. The van der Waals surface area contributed by atoms with Crippen molar-refractivity contribution >= 4 is 13.8 Å². The molecule has 1 fully saturated rings. The van der Waals surface area contributed by atoms with Crippen molar-refractivity contribution < 1.29 is 58.3 Å². The van der Waals surface area contributed by atoms with Crippen LogP contribution < -0.4 is 0 Å². The van der Waals surface area contributed by atoms with Crippen LogP contribution in [0.3, 0.4) is 0 Å². The maximum Gasteiger partial charge on any atom is 0.472 e. The molecule has 0 aromatic heterocycles. The first-order chi connectivity index (χ1) is 30.0. The van der Waals surface area contributed by atoms with Gasteiger partial charge in [-0.3, -0.25) is 13.8 Å². The van der Waals surface area contributed by atoms with Gasteiger partial charge in [-0.1, -0.05) is 165 Å². The van der Waals surface area contributed by atoms with Crippen molar-refractivity contribution in [1.29, 1.82) is 0 Å². The molecule has 0 aromatic rings. The second-order valence-electron chi connectivity index (χ2n) is 17.0. The molecular formula is C49H89O12P. The molecule has 62 heavy (non-hydrogen) atoms. The van der Waals surface area contributed by atoms with Gasteiger partial charge in [0, 0.05) is 13.0 Å². The van der Waals surface area contributed by atoms with Crippen molar-refractivity contribution in [1.82, 2.24) is 0 Å². The molecule has 0 saturated heterocycles. The van der Waals surface area contributed by atoms with E-state index in [-0.39, 0.29) is 13.0 Å². The molecule has 0 bridgehead atoms. The molecule has 0 radical (unpaired) electrons. The third-order valence-corrected chi connectivity index (χ3v) is 12.1. The topological polar surface area (TPSA) is 192 Å². The van der Waals surface area contributed by atoms with E-state index in [1.165, 1.54) is 83.5 Å². The number of allylic oxidation sites excluding steroid dienone is 8. The van der Waals surface area contributed by atoms with Gasteiger partial charge in [-0.2, -0.15) is 0 Å². The minimum atomic E-state index is -5.02. The van der Waals surface area contributed by atoms with E-state index in [0.717, 1.165) is 83.5 Å². The first kappa shape index (κ1) is 58.3. The van der Waals surface area contributed by atoms with Gasteiger partial charge in [0.2, 0.25) is 0 Å². The number of unbranched alkanes of at least 4 members (excludes halogenated alkanes) is 21. The van der Waals surface area contributed by atoms with Crippen molar-refractivity contribution in [2.75, 3.05) is 19.8 Å². The van der Waals surface area contributed by atoms with Crippen LogP contribution in [-0.4, -0.2) is 98.9 Å². The second-order valence-corrected chi connectivity index (χ2v) is 18.4. The van der Waals surface area contributed by atoms with Gasteiger partial charge in [-0.05, 0) is 70.6 Å². The fourth-order valence-corrected chi connectivity index (χ4v) is 8.22. The van der Waals surface area contributed by atoms with Crippen LogP contribution in [0.15, 0.2) is 48.6 Å². The summed E-state index contributed by atoms with van der Waals surface area (Å²) < 4.78 is 34.2. The van der Waals surface area contributed by atoms with Gasteiger partial charge in [-0.25, -0.2) is 4.57 Å². The van der Waals surface area contributed by atoms with E-state index in [1.54, 1.807) is 0 Å². The maximum absolute atomic E-state index is 12.8. The maximum atomic E-state index is 12.8. The van der Waals surface area contributed by atoms with Crippen LogP contribution in [0.5, 0.6) is 0 Å². The van der Waals surface area contributed by atoms with Crippen LogP contribution in [0.25, 0.3) is 0 Å². The zero-order valence-corrected chi connectivity index (χ0v) is 39.6. The summed E-state index contributed by atoms with van der Waals surface area (Å²) in [7, 11) is -5.02. The van der Waals surface area contributed by atoms with E-state index in [2.05, 4.69) is 62.5 Å². The number of rotatable bonds is 41. The van der Waals surface area contributed by atoms with Crippen LogP contribution >= 0.6 is 7.82 Å². The van der Waals surface area contributed by atoms with Gasteiger partial charge in [0.1, 0.15) is 42.7 Å². The largest absolute Gasteiger partial charge is 0.472 e. The predicted octanol–water partition coefficient (Wildman–Crippen LogP) is 10.4. The zero-order valence-electron chi connectivity index (χ0n) is 38.7. The Balaban J connectivity index is 2.36. The highest BCUT2D eigenvalue weighted by atomic mass is 31.2. The van der Waals surface area contributed by atoms with Crippen molar-refractivity contribution in [3.63, 3.8) is 0 Å². The summed E-state index contributed by atoms with van der Waals surface area (Å²) >= 11 is 0. The van der Waals surface area contributed by atoms with E-state index in [9.17, 15) is 39.8 Å². The standard InChI is InChI=1S/C49H89O12P/c1-3-5-7-9-11-13-15-17-19-20-21-22-23-24-25-26-28-30-32-34-36-38-43(50)60-42(40-58-39-37-35-33-31-29-27-18-16-14-12-10-8-6-4-2)41-59-62(56,57)61-49-47(54)45(52)44(51)46(53)48(49)55/h8,10,14-17,20-21,42,44-49,51-55H,3-7,9,11-13,18-19,22-41H2,1-2H3,(H,56,57)/b10-8-,16-14-,17-15-,21-20-. The number of aliphatic hydroxyl groups excluding tert-OH is 5. The monoisotopic (exact) mass is 901 g/mol. The van der Waals surface area contributed by atoms with Crippen LogP contribution in [0.2, 0.25) is 0 Å². The Morgan fingerprint density at radius 1 is 0.516 bits per heavy atom. The quantitative estimate of drug-likeness (QED) is 0.0147. The minimum Gasteiger partial charge on any atom is -0.457 e. The third-order valence-electron chi connectivity index (χ3n) is 11.2. The number of carbonyl (C=O) groups excluding carboxylic acids is 1. The molecule has 6 N–H and O–H groups in total. The van der Waals surface area contributed by atoms with Crippen LogP contribution in [-0.2, 0) is 27.9 Å². The Kier molecular flexibility index (Phi) is 37.3. The van der Waals surface area contributed by atoms with E-state index in [4.69, 9.17) is 18.5 Å². The van der Waals surface area contributed by atoms with Gasteiger partial charge in [0.05, 0.1) is 13.2 Å². The number of ether oxygens (including phenoxy) is 2. The van der Waals surface area contributed by atoms with Gasteiger partial charge >= 0.3 is 13.8 Å². The molecule has 12 nitrogen and oxygen atoms in total. The number of aliphatic hydroxyl groups is 5. The molecule has 0 heterocycles. The lowest BCUT2D eigenvalue weighted by Crippen LogP contribution is -2.64.